The number of hydrogen-bond acceptors (Lipinski definition) is 4. The highest BCUT2D eigenvalue weighted by molar-refractivity contribution is 5.90. The van der Waals surface area contributed by atoms with E-state index < -0.39 is 11.7 Å². The van der Waals surface area contributed by atoms with Crippen molar-refractivity contribution in [2.24, 2.45) is 0 Å². The van der Waals surface area contributed by atoms with Crippen molar-refractivity contribution in [3.8, 4) is 5.75 Å². The molecule has 0 aliphatic heterocycles. The van der Waals surface area contributed by atoms with E-state index in [2.05, 4.69) is 5.32 Å². The molecule has 0 aliphatic carbocycles. The first-order valence-corrected chi connectivity index (χ1v) is 5.52. The van der Waals surface area contributed by atoms with E-state index in [4.69, 9.17) is 4.74 Å². The summed E-state index contributed by atoms with van der Waals surface area (Å²) in [7, 11) is 0. The molecule has 1 amide bonds. The van der Waals surface area contributed by atoms with Crippen LogP contribution in [0.4, 0.5) is 10.5 Å². The Morgan fingerprint density at radius 1 is 1.39 bits per heavy atom. The highest BCUT2D eigenvalue weighted by atomic mass is 16.6. The zero-order chi connectivity index (χ0) is 13.9. The fourth-order valence-electron chi connectivity index (χ4n) is 1.41. The van der Waals surface area contributed by atoms with Gasteiger partial charge in [-0.25, -0.2) is 4.79 Å². The molecule has 0 heterocycles. The Bertz CT molecular complexity index is 475. The minimum atomic E-state index is -0.604. The van der Waals surface area contributed by atoms with E-state index in [0.29, 0.717) is 17.5 Å². The number of carbonyl (C=O) groups excluding carboxylic acids is 2. The number of phenols is 1. The number of phenolic OH excluding ortho intramolecular Hbond substituents is 1. The topological polar surface area (TPSA) is 75.6 Å². The Morgan fingerprint density at radius 2 is 2.00 bits per heavy atom. The van der Waals surface area contributed by atoms with Crippen molar-refractivity contribution in [3.63, 3.8) is 0 Å². The van der Waals surface area contributed by atoms with Gasteiger partial charge in [0.25, 0.3) is 0 Å². The summed E-state index contributed by atoms with van der Waals surface area (Å²) in [6.07, 6.45) is -0.0570. The van der Waals surface area contributed by atoms with Gasteiger partial charge in [0.2, 0.25) is 0 Å². The summed E-state index contributed by atoms with van der Waals surface area (Å²) in [4.78, 5) is 22.4. The maximum Gasteiger partial charge on any atom is 0.412 e. The molecule has 0 atom stereocenters. The zero-order valence-electron chi connectivity index (χ0n) is 10.9. The van der Waals surface area contributed by atoms with Gasteiger partial charge < -0.3 is 9.84 Å². The number of rotatable bonds is 2. The van der Waals surface area contributed by atoms with Crippen molar-refractivity contribution in [2.45, 2.75) is 33.3 Å². The first-order valence-electron chi connectivity index (χ1n) is 5.52. The van der Waals surface area contributed by atoms with Gasteiger partial charge in [-0.3, -0.25) is 10.1 Å². The number of amides is 1. The lowest BCUT2D eigenvalue weighted by Crippen LogP contribution is -2.27. The number of aromatic hydroxyl groups is 1. The maximum atomic E-state index is 11.6. The van der Waals surface area contributed by atoms with Crippen LogP contribution in [-0.4, -0.2) is 23.1 Å². The second kappa shape index (κ2) is 5.08. The summed E-state index contributed by atoms with van der Waals surface area (Å²) >= 11 is 0. The highest BCUT2D eigenvalue weighted by Crippen LogP contribution is 2.26. The molecule has 0 aromatic heterocycles. The summed E-state index contributed by atoms with van der Waals surface area (Å²) in [5.41, 5.74) is 0.492. The van der Waals surface area contributed by atoms with Crippen molar-refractivity contribution in [3.05, 3.63) is 23.3 Å². The molecule has 1 rings (SSSR count). The minimum Gasteiger partial charge on any atom is -0.507 e. The third-order valence-electron chi connectivity index (χ3n) is 2.25. The van der Waals surface area contributed by atoms with E-state index >= 15 is 0 Å². The average Bonchev–Trinajstić information content (AvgIpc) is 2.20. The Labute approximate surface area is 106 Å². The molecule has 0 bridgehead atoms. The van der Waals surface area contributed by atoms with Crippen LogP contribution in [0.3, 0.4) is 0 Å². The van der Waals surface area contributed by atoms with E-state index in [1.165, 1.54) is 12.1 Å². The zero-order valence-corrected chi connectivity index (χ0v) is 10.9. The molecule has 0 unspecified atom stereocenters. The molecule has 2 N–H and O–H groups in total. The largest absolute Gasteiger partial charge is 0.507 e. The standard InChI is InChI=1S/C13H17NO4/c1-8-9(7-15)11(16)6-5-10(8)14-12(17)18-13(2,3)4/h5-7,16H,1-4H3,(H,14,17). The smallest absolute Gasteiger partial charge is 0.412 e. The van der Waals surface area contributed by atoms with Crippen molar-refractivity contribution < 1.29 is 19.4 Å². The van der Waals surface area contributed by atoms with Gasteiger partial charge in [0.15, 0.2) is 6.29 Å². The molecule has 5 nitrogen and oxygen atoms in total. The van der Waals surface area contributed by atoms with Gasteiger partial charge in [0.1, 0.15) is 11.4 Å². The van der Waals surface area contributed by atoms with E-state index in [9.17, 15) is 14.7 Å². The molecule has 0 aliphatic rings. The van der Waals surface area contributed by atoms with Gasteiger partial charge in [-0.1, -0.05) is 0 Å². The van der Waals surface area contributed by atoms with E-state index in [1.807, 2.05) is 0 Å². The van der Waals surface area contributed by atoms with Crippen molar-refractivity contribution in [2.75, 3.05) is 5.32 Å². The number of benzene rings is 1. The first-order chi connectivity index (χ1) is 8.24. The van der Waals surface area contributed by atoms with E-state index in [1.54, 1.807) is 27.7 Å². The van der Waals surface area contributed by atoms with Crippen LogP contribution in [0.15, 0.2) is 12.1 Å². The van der Waals surface area contributed by atoms with Crippen molar-refractivity contribution in [1.82, 2.24) is 0 Å². The van der Waals surface area contributed by atoms with Crippen LogP contribution in [0.1, 0.15) is 36.7 Å². The quantitative estimate of drug-likeness (QED) is 0.626. The molecule has 0 spiro atoms. The molecule has 18 heavy (non-hydrogen) atoms. The third kappa shape index (κ3) is 3.48. The lowest BCUT2D eigenvalue weighted by molar-refractivity contribution is 0.0635. The summed E-state index contributed by atoms with van der Waals surface area (Å²) in [6, 6.07) is 2.87. The number of nitrogens with one attached hydrogen (secondary N) is 1. The molecular formula is C13H17NO4. The first kappa shape index (κ1) is 14.0. The van der Waals surface area contributed by atoms with Crippen LogP contribution in [0.2, 0.25) is 0 Å². The molecule has 0 fully saturated rings. The third-order valence-corrected chi connectivity index (χ3v) is 2.25. The van der Waals surface area contributed by atoms with Gasteiger partial charge in [0, 0.05) is 5.69 Å². The predicted molar refractivity (Wildman–Crippen MR) is 68.1 cm³/mol. The molecular weight excluding hydrogens is 234 g/mol. The average molecular weight is 251 g/mol. The van der Waals surface area contributed by atoms with Crippen molar-refractivity contribution >= 4 is 18.1 Å². The van der Waals surface area contributed by atoms with Gasteiger partial charge in [-0.2, -0.15) is 0 Å². The molecule has 0 radical (unpaired) electrons. The number of ether oxygens (including phenoxy) is 1. The second-order valence-corrected chi connectivity index (χ2v) is 4.92. The number of aldehydes is 1. The van der Waals surface area contributed by atoms with Crippen LogP contribution in [0.25, 0.3) is 0 Å². The van der Waals surface area contributed by atoms with Gasteiger partial charge in [-0.05, 0) is 45.4 Å². The van der Waals surface area contributed by atoms with Crippen LogP contribution in [0, 0.1) is 6.92 Å². The Hall–Kier alpha value is -2.04. The summed E-state index contributed by atoms with van der Waals surface area (Å²) in [5.74, 6) is -0.114. The summed E-state index contributed by atoms with van der Waals surface area (Å²) < 4.78 is 5.10. The summed E-state index contributed by atoms with van der Waals surface area (Å²) in [6.45, 7) is 6.91. The monoisotopic (exact) mass is 251 g/mol. The van der Waals surface area contributed by atoms with Crippen LogP contribution < -0.4 is 5.32 Å². The Morgan fingerprint density at radius 3 is 2.50 bits per heavy atom. The fourth-order valence-corrected chi connectivity index (χ4v) is 1.41. The molecule has 0 saturated heterocycles. The van der Waals surface area contributed by atoms with Crippen molar-refractivity contribution in [1.29, 1.82) is 0 Å². The van der Waals surface area contributed by atoms with E-state index in [-0.39, 0.29) is 11.3 Å². The molecule has 1 aromatic rings. The molecule has 1 aromatic carbocycles. The Kier molecular flexibility index (Phi) is 3.96. The highest BCUT2D eigenvalue weighted by Gasteiger charge is 2.17. The number of hydrogen-bond donors (Lipinski definition) is 2. The number of anilines is 1. The maximum absolute atomic E-state index is 11.6. The van der Waals surface area contributed by atoms with Crippen LogP contribution in [0.5, 0.6) is 5.75 Å². The lowest BCUT2D eigenvalue weighted by Gasteiger charge is -2.20. The molecule has 5 heteroatoms. The predicted octanol–water partition coefficient (Wildman–Crippen LogP) is 2.86. The van der Waals surface area contributed by atoms with Crippen LogP contribution in [-0.2, 0) is 4.74 Å². The summed E-state index contributed by atoms with van der Waals surface area (Å²) in [5, 5.41) is 12.0. The van der Waals surface area contributed by atoms with Gasteiger partial charge in [-0.15, -0.1) is 0 Å². The molecule has 98 valence electrons. The second-order valence-electron chi connectivity index (χ2n) is 4.92. The van der Waals surface area contributed by atoms with Gasteiger partial charge >= 0.3 is 6.09 Å². The Balaban J connectivity index is 2.93. The van der Waals surface area contributed by atoms with E-state index in [0.717, 1.165) is 0 Å². The fraction of sp³-hybridized carbons (Fsp3) is 0.385. The lowest BCUT2D eigenvalue weighted by atomic mass is 10.1. The van der Waals surface area contributed by atoms with Crippen LogP contribution >= 0.6 is 0 Å². The van der Waals surface area contributed by atoms with Gasteiger partial charge in [0.05, 0.1) is 5.56 Å². The number of carbonyl (C=O) groups is 2. The SMILES string of the molecule is Cc1c(NC(=O)OC(C)(C)C)ccc(O)c1C=O. The molecule has 0 saturated carbocycles. The minimum absolute atomic E-state index is 0.114. The normalized spacial score (nSPS) is 10.9.